The van der Waals surface area contributed by atoms with Crippen LogP contribution >= 0.6 is 22.7 Å². The van der Waals surface area contributed by atoms with Gasteiger partial charge < -0.3 is 9.84 Å². The van der Waals surface area contributed by atoms with Gasteiger partial charge in [0.2, 0.25) is 0 Å². The second-order valence-corrected chi connectivity index (χ2v) is 9.05. The molecule has 0 saturated heterocycles. The van der Waals surface area contributed by atoms with Crippen molar-refractivity contribution in [2.75, 3.05) is 6.61 Å². The van der Waals surface area contributed by atoms with Crippen LogP contribution in [0.25, 0.3) is 20.4 Å². The summed E-state index contributed by atoms with van der Waals surface area (Å²) in [5, 5.41) is 13.2. The fraction of sp³-hybridized carbons (Fsp3) is 0.125. The van der Waals surface area contributed by atoms with E-state index >= 15 is 0 Å². The van der Waals surface area contributed by atoms with Gasteiger partial charge in [-0.3, -0.25) is 0 Å². The second-order valence-electron chi connectivity index (χ2n) is 6.99. The third kappa shape index (κ3) is 3.40. The fourth-order valence-corrected chi connectivity index (χ4v) is 5.70. The molecule has 7 heteroatoms. The molecule has 0 aliphatic rings. The molecule has 0 amide bonds. The monoisotopic (exact) mass is 446 g/mol. The van der Waals surface area contributed by atoms with Gasteiger partial charge in [-0.2, -0.15) is 0 Å². The van der Waals surface area contributed by atoms with Gasteiger partial charge in [0.25, 0.3) is 0 Å². The largest absolute Gasteiger partial charge is 0.462 e. The standard InChI is InChI=1S/C24H18N2O3S2/c1-2-29-21(27)15-8-7-9-16(14-15)24(28,22-25-17-10-3-5-12-19(17)30-22)23-26-18-11-4-6-13-20(18)31-23/h3-14,28H,2H2,1H3. The Labute approximate surface area is 186 Å². The summed E-state index contributed by atoms with van der Waals surface area (Å²) < 4.78 is 7.10. The first-order valence-corrected chi connectivity index (χ1v) is 11.4. The lowest BCUT2D eigenvalue weighted by Crippen LogP contribution is -2.29. The molecule has 5 aromatic rings. The van der Waals surface area contributed by atoms with Crippen molar-refractivity contribution in [3.05, 3.63) is 93.9 Å². The predicted molar refractivity (Wildman–Crippen MR) is 124 cm³/mol. The minimum Gasteiger partial charge on any atom is -0.462 e. The first-order valence-electron chi connectivity index (χ1n) is 9.81. The maximum Gasteiger partial charge on any atom is 0.338 e. The van der Waals surface area contributed by atoms with Crippen LogP contribution in [0.1, 0.15) is 32.9 Å². The minimum absolute atomic E-state index is 0.281. The number of carbonyl (C=O) groups is 1. The number of hydrogen-bond acceptors (Lipinski definition) is 7. The topological polar surface area (TPSA) is 72.3 Å². The lowest BCUT2D eigenvalue weighted by Gasteiger charge is -2.24. The van der Waals surface area contributed by atoms with Gasteiger partial charge in [0.15, 0.2) is 5.60 Å². The highest BCUT2D eigenvalue weighted by atomic mass is 32.1. The molecule has 31 heavy (non-hydrogen) atoms. The Balaban J connectivity index is 1.75. The summed E-state index contributed by atoms with van der Waals surface area (Å²) in [6, 6.07) is 22.4. The average Bonchev–Trinajstić information content (AvgIpc) is 3.43. The van der Waals surface area contributed by atoms with E-state index in [-0.39, 0.29) is 6.61 Å². The van der Waals surface area contributed by atoms with Crippen LogP contribution in [0.2, 0.25) is 0 Å². The molecule has 0 aliphatic heterocycles. The lowest BCUT2D eigenvalue weighted by atomic mass is 9.93. The smallest absolute Gasteiger partial charge is 0.338 e. The van der Waals surface area contributed by atoms with Crippen molar-refractivity contribution in [2.24, 2.45) is 0 Å². The maximum absolute atomic E-state index is 12.3. The Bertz CT molecular complexity index is 1270. The summed E-state index contributed by atoms with van der Waals surface area (Å²) >= 11 is 2.84. The molecule has 0 atom stereocenters. The number of nitrogens with zero attached hydrogens (tertiary/aromatic N) is 2. The molecule has 0 spiro atoms. The van der Waals surface area contributed by atoms with E-state index in [0.29, 0.717) is 21.1 Å². The number of esters is 1. The molecular weight excluding hydrogens is 428 g/mol. The van der Waals surface area contributed by atoms with E-state index in [0.717, 1.165) is 20.4 Å². The molecule has 0 fully saturated rings. The molecule has 3 aromatic carbocycles. The van der Waals surface area contributed by atoms with Crippen LogP contribution in [0.15, 0.2) is 72.8 Å². The first-order chi connectivity index (χ1) is 15.1. The van der Waals surface area contributed by atoms with Crippen molar-refractivity contribution in [3.8, 4) is 0 Å². The van der Waals surface area contributed by atoms with E-state index in [1.807, 2.05) is 48.5 Å². The van der Waals surface area contributed by atoms with Crippen molar-refractivity contribution in [2.45, 2.75) is 12.5 Å². The lowest BCUT2D eigenvalue weighted by molar-refractivity contribution is 0.0525. The highest BCUT2D eigenvalue weighted by Gasteiger charge is 2.41. The third-order valence-electron chi connectivity index (χ3n) is 5.00. The third-order valence-corrected chi connectivity index (χ3v) is 7.29. The molecule has 5 nitrogen and oxygen atoms in total. The summed E-state index contributed by atoms with van der Waals surface area (Å²) in [5.74, 6) is -0.430. The van der Waals surface area contributed by atoms with Gasteiger partial charge in [-0.25, -0.2) is 14.8 Å². The number of carbonyl (C=O) groups excluding carboxylic acids is 1. The van der Waals surface area contributed by atoms with Gasteiger partial charge in [0.1, 0.15) is 10.0 Å². The molecule has 0 aliphatic carbocycles. The quantitative estimate of drug-likeness (QED) is 0.368. The number of para-hydroxylation sites is 2. The number of aromatic nitrogens is 2. The van der Waals surface area contributed by atoms with Gasteiger partial charge >= 0.3 is 5.97 Å². The van der Waals surface area contributed by atoms with Crippen LogP contribution in [0.4, 0.5) is 0 Å². The van der Waals surface area contributed by atoms with Gasteiger partial charge in [0, 0.05) is 0 Å². The Hall–Kier alpha value is -3.13. The normalized spacial score (nSPS) is 11.8. The van der Waals surface area contributed by atoms with E-state index < -0.39 is 11.6 Å². The molecule has 0 saturated carbocycles. The highest BCUT2D eigenvalue weighted by Crippen LogP contribution is 2.43. The molecule has 2 heterocycles. The highest BCUT2D eigenvalue weighted by molar-refractivity contribution is 7.20. The Kier molecular flexibility index (Phi) is 5.02. The van der Waals surface area contributed by atoms with E-state index in [2.05, 4.69) is 0 Å². The van der Waals surface area contributed by atoms with E-state index in [4.69, 9.17) is 14.7 Å². The van der Waals surface area contributed by atoms with Crippen LogP contribution in [0.5, 0.6) is 0 Å². The van der Waals surface area contributed by atoms with Crippen molar-refractivity contribution in [1.82, 2.24) is 9.97 Å². The molecule has 5 rings (SSSR count). The molecule has 154 valence electrons. The summed E-state index contributed by atoms with van der Waals surface area (Å²) in [7, 11) is 0. The van der Waals surface area contributed by atoms with Gasteiger partial charge in [0.05, 0.1) is 32.6 Å². The molecule has 2 aromatic heterocycles. The Morgan fingerprint density at radius 3 is 2.03 bits per heavy atom. The van der Waals surface area contributed by atoms with Crippen LogP contribution in [0.3, 0.4) is 0 Å². The summed E-state index contributed by atoms with van der Waals surface area (Å²) in [6.45, 7) is 2.05. The fourth-order valence-electron chi connectivity index (χ4n) is 3.48. The minimum atomic E-state index is -1.60. The first kappa shape index (κ1) is 19.8. The summed E-state index contributed by atoms with van der Waals surface area (Å²) in [4.78, 5) is 21.8. The number of aliphatic hydroxyl groups is 1. The van der Waals surface area contributed by atoms with Gasteiger partial charge in [-0.05, 0) is 48.9 Å². The van der Waals surface area contributed by atoms with Gasteiger partial charge in [-0.1, -0.05) is 36.4 Å². The number of ether oxygens (including phenoxy) is 1. The van der Waals surface area contributed by atoms with E-state index in [1.54, 1.807) is 31.2 Å². The van der Waals surface area contributed by atoms with Crippen LogP contribution in [-0.2, 0) is 10.3 Å². The van der Waals surface area contributed by atoms with Crippen molar-refractivity contribution >= 4 is 49.1 Å². The van der Waals surface area contributed by atoms with Crippen molar-refractivity contribution in [3.63, 3.8) is 0 Å². The maximum atomic E-state index is 12.3. The second kappa shape index (κ2) is 7.85. The number of fused-ring (bicyclic) bond motifs is 2. The summed E-state index contributed by atoms with van der Waals surface area (Å²) in [5.41, 5.74) is 0.916. The Morgan fingerprint density at radius 1 is 0.903 bits per heavy atom. The van der Waals surface area contributed by atoms with E-state index in [9.17, 15) is 9.90 Å². The zero-order valence-corrected chi connectivity index (χ0v) is 18.2. The van der Waals surface area contributed by atoms with Crippen LogP contribution < -0.4 is 0 Å². The zero-order valence-electron chi connectivity index (χ0n) is 16.6. The Morgan fingerprint density at radius 2 is 1.48 bits per heavy atom. The molecule has 0 unspecified atom stereocenters. The van der Waals surface area contributed by atoms with Crippen LogP contribution in [0, 0.1) is 0 Å². The number of thiazole rings is 2. The van der Waals surface area contributed by atoms with Crippen molar-refractivity contribution < 1.29 is 14.6 Å². The summed E-state index contributed by atoms with van der Waals surface area (Å²) in [6.07, 6.45) is 0. The SMILES string of the molecule is CCOC(=O)c1cccc(C(O)(c2nc3ccccc3s2)c2nc3ccccc3s2)c1. The van der Waals surface area contributed by atoms with Crippen molar-refractivity contribution in [1.29, 1.82) is 0 Å². The van der Waals surface area contributed by atoms with Gasteiger partial charge in [-0.15, -0.1) is 22.7 Å². The van der Waals surface area contributed by atoms with Crippen LogP contribution in [-0.4, -0.2) is 27.7 Å². The average molecular weight is 447 g/mol. The van der Waals surface area contributed by atoms with E-state index in [1.165, 1.54) is 22.7 Å². The number of benzene rings is 3. The molecule has 1 N–H and O–H groups in total. The zero-order chi connectivity index (χ0) is 21.4. The predicted octanol–water partition coefficient (Wildman–Crippen LogP) is 5.37. The molecule has 0 radical (unpaired) electrons. The number of hydrogen-bond donors (Lipinski definition) is 1. The molecule has 0 bridgehead atoms. The number of rotatable bonds is 5. The molecular formula is C24H18N2O3S2.